The summed E-state index contributed by atoms with van der Waals surface area (Å²) >= 11 is 0. The molecular formula is C17H17N7O3. The normalized spacial score (nSPS) is 15.1. The fraction of sp³-hybridized carbons (Fsp3) is 0.235. The van der Waals surface area contributed by atoms with Crippen LogP contribution in [0.1, 0.15) is 5.56 Å². The summed E-state index contributed by atoms with van der Waals surface area (Å²) in [5, 5.41) is 16.5. The van der Waals surface area contributed by atoms with Crippen molar-refractivity contribution in [1.29, 1.82) is 5.26 Å². The zero-order valence-electron chi connectivity index (χ0n) is 14.5. The predicted octanol–water partition coefficient (Wildman–Crippen LogP) is 0.149. The van der Waals surface area contributed by atoms with Crippen molar-refractivity contribution >= 4 is 29.4 Å². The molecule has 0 atom stereocenters. The lowest BCUT2D eigenvalue weighted by atomic mass is 10.2. The van der Waals surface area contributed by atoms with Crippen LogP contribution in [0.2, 0.25) is 0 Å². The van der Waals surface area contributed by atoms with E-state index in [0.717, 1.165) is 0 Å². The molecular weight excluding hydrogens is 350 g/mol. The molecule has 0 unspecified atom stereocenters. The predicted molar refractivity (Wildman–Crippen MR) is 97.5 cm³/mol. The van der Waals surface area contributed by atoms with Crippen LogP contribution in [-0.4, -0.2) is 54.7 Å². The highest BCUT2D eigenvalue weighted by atomic mass is 16.5. The number of pyridine rings is 1. The lowest BCUT2D eigenvalue weighted by molar-refractivity contribution is -0.113. The maximum atomic E-state index is 12.6. The molecule has 1 aromatic heterocycles. The second-order valence-electron chi connectivity index (χ2n) is 5.58. The summed E-state index contributed by atoms with van der Waals surface area (Å²) in [6, 6.07) is 3.63. The fourth-order valence-corrected chi connectivity index (χ4v) is 2.50. The Balaban J connectivity index is 1.79. The quantitative estimate of drug-likeness (QED) is 0.458. The Morgan fingerprint density at radius 2 is 2.41 bits per heavy atom. The van der Waals surface area contributed by atoms with Gasteiger partial charge in [-0.05, 0) is 6.08 Å². The number of aliphatic imine (C=N–C) groups is 1. The summed E-state index contributed by atoms with van der Waals surface area (Å²) in [7, 11) is 1.58. The first kappa shape index (κ1) is 18.2. The van der Waals surface area contributed by atoms with Gasteiger partial charge in [-0.15, -0.1) is 0 Å². The van der Waals surface area contributed by atoms with Crippen LogP contribution < -0.4 is 16.1 Å². The van der Waals surface area contributed by atoms with E-state index in [4.69, 9.17) is 4.74 Å². The van der Waals surface area contributed by atoms with E-state index >= 15 is 0 Å². The number of nitriles is 1. The van der Waals surface area contributed by atoms with Gasteiger partial charge in [-0.1, -0.05) is 0 Å². The molecule has 0 radical (unpaired) electrons. The van der Waals surface area contributed by atoms with E-state index < -0.39 is 5.91 Å². The van der Waals surface area contributed by atoms with Gasteiger partial charge in [0.1, 0.15) is 17.6 Å². The third kappa shape index (κ3) is 4.00. The van der Waals surface area contributed by atoms with Crippen molar-refractivity contribution in [3.8, 4) is 6.07 Å². The summed E-state index contributed by atoms with van der Waals surface area (Å²) < 4.78 is 4.98. The summed E-state index contributed by atoms with van der Waals surface area (Å²) in [6.07, 6.45) is 5.18. The van der Waals surface area contributed by atoms with E-state index in [2.05, 4.69) is 26.0 Å². The Labute approximate surface area is 155 Å². The molecule has 0 saturated heterocycles. The van der Waals surface area contributed by atoms with Gasteiger partial charge in [0.2, 0.25) is 0 Å². The Hall–Kier alpha value is -3.55. The molecule has 3 N–H and O–H groups in total. The van der Waals surface area contributed by atoms with Gasteiger partial charge in [0.15, 0.2) is 12.1 Å². The van der Waals surface area contributed by atoms with Crippen LogP contribution in [0.25, 0.3) is 0 Å². The molecule has 0 spiro atoms. The van der Waals surface area contributed by atoms with Crippen molar-refractivity contribution < 1.29 is 14.3 Å². The molecule has 0 aromatic carbocycles. The number of carbonyl (C=O) groups is 2. The number of aldehydes is 1. The summed E-state index contributed by atoms with van der Waals surface area (Å²) in [5.41, 5.74) is 4.50. The molecule has 27 heavy (non-hydrogen) atoms. The number of hydrogen-bond acceptors (Lipinski definition) is 9. The van der Waals surface area contributed by atoms with E-state index in [1.807, 2.05) is 6.07 Å². The van der Waals surface area contributed by atoms with Crippen LogP contribution in [-0.2, 0) is 14.3 Å². The number of rotatable bonds is 7. The largest absolute Gasteiger partial charge is 0.383 e. The number of ether oxygens (including phenoxy) is 1. The standard InChI is InChI=1S/C17H17N7O3/c1-27-5-3-19-14-6-15(20-8-11(14)7-18)23-17(26)13-9-21-24-4-2-12(10-25)22-16(13)24/h2,4,6,8,10,21H,3,5,9H2,1H3,(H2,19,20,23,26). The number of hydrogen-bond donors (Lipinski definition) is 3. The number of aromatic nitrogens is 1. The molecule has 0 saturated carbocycles. The monoisotopic (exact) mass is 367 g/mol. The number of fused-ring (bicyclic) bond motifs is 1. The van der Waals surface area contributed by atoms with E-state index in [-0.39, 0.29) is 18.1 Å². The summed E-state index contributed by atoms with van der Waals surface area (Å²) in [5.74, 6) is 0.255. The number of amides is 1. The van der Waals surface area contributed by atoms with Gasteiger partial charge in [-0.2, -0.15) is 5.26 Å². The minimum atomic E-state index is -0.399. The van der Waals surface area contributed by atoms with Crippen molar-refractivity contribution in [2.75, 3.05) is 37.4 Å². The molecule has 3 heterocycles. The zero-order chi connectivity index (χ0) is 19.2. The number of anilines is 2. The number of hydrazine groups is 1. The van der Waals surface area contributed by atoms with Crippen LogP contribution in [0.5, 0.6) is 0 Å². The molecule has 0 aliphatic carbocycles. The molecule has 0 bridgehead atoms. The lowest BCUT2D eigenvalue weighted by Gasteiger charge is -2.17. The lowest BCUT2D eigenvalue weighted by Crippen LogP contribution is -2.28. The number of nitrogens with one attached hydrogen (secondary N) is 3. The molecule has 10 heteroatoms. The molecule has 138 valence electrons. The average molecular weight is 367 g/mol. The average Bonchev–Trinajstić information content (AvgIpc) is 3.11. The topological polar surface area (TPSA) is 132 Å². The van der Waals surface area contributed by atoms with E-state index in [0.29, 0.717) is 42.1 Å². The van der Waals surface area contributed by atoms with Crippen molar-refractivity contribution in [2.24, 2.45) is 4.99 Å². The zero-order valence-corrected chi connectivity index (χ0v) is 14.5. The molecule has 0 fully saturated rings. The van der Waals surface area contributed by atoms with E-state index in [9.17, 15) is 14.9 Å². The fourth-order valence-electron chi connectivity index (χ4n) is 2.50. The van der Waals surface area contributed by atoms with Crippen molar-refractivity contribution in [3.05, 3.63) is 41.5 Å². The second-order valence-corrected chi connectivity index (χ2v) is 5.58. The van der Waals surface area contributed by atoms with Gasteiger partial charge in [0.25, 0.3) is 5.91 Å². The molecule has 10 nitrogen and oxygen atoms in total. The first-order valence-electron chi connectivity index (χ1n) is 8.08. The first-order chi connectivity index (χ1) is 13.2. The number of carbonyl (C=O) groups excluding carboxylic acids is 2. The van der Waals surface area contributed by atoms with Crippen LogP contribution in [0.15, 0.2) is 40.9 Å². The van der Waals surface area contributed by atoms with Gasteiger partial charge < -0.3 is 15.4 Å². The first-order valence-corrected chi connectivity index (χ1v) is 8.08. The highest BCUT2D eigenvalue weighted by molar-refractivity contribution is 6.34. The van der Waals surface area contributed by atoms with E-state index in [1.54, 1.807) is 30.5 Å². The van der Waals surface area contributed by atoms with Gasteiger partial charge in [0.05, 0.1) is 23.4 Å². The SMILES string of the molecule is COCCNc1cc(NC(=O)C2=C3N=C(C=O)C=CN3NC2)ncc1C#N. The summed E-state index contributed by atoms with van der Waals surface area (Å²) in [4.78, 5) is 31.8. The highest BCUT2D eigenvalue weighted by Crippen LogP contribution is 2.23. The van der Waals surface area contributed by atoms with Crippen molar-refractivity contribution in [3.63, 3.8) is 0 Å². The highest BCUT2D eigenvalue weighted by Gasteiger charge is 2.28. The molecule has 3 rings (SSSR count). The molecule has 1 aromatic rings. The molecule has 1 amide bonds. The minimum Gasteiger partial charge on any atom is -0.383 e. The van der Waals surface area contributed by atoms with Gasteiger partial charge >= 0.3 is 0 Å². The Kier molecular flexibility index (Phi) is 5.55. The van der Waals surface area contributed by atoms with Crippen LogP contribution >= 0.6 is 0 Å². The van der Waals surface area contributed by atoms with Crippen molar-refractivity contribution in [2.45, 2.75) is 0 Å². The Morgan fingerprint density at radius 1 is 1.56 bits per heavy atom. The summed E-state index contributed by atoms with van der Waals surface area (Å²) in [6.45, 7) is 1.24. The number of nitrogens with zero attached hydrogens (tertiary/aromatic N) is 4. The van der Waals surface area contributed by atoms with Gasteiger partial charge in [-0.3, -0.25) is 14.6 Å². The van der Waals surface area contributed by atoms with Gasteiger partial charge in [-0.25, -0.2) is 15.4 Å². The van der Waals surface area contributed by atoms with Crippen molar-refractivity contribution in [1.82, 2.24) is 15.4 Å². The Morgan fingerprint density at radius 3 is 3.15 bits per heavy atom. The van der Waals surface area contributed by atoms with Gasteiger partial charge in [0, 0.05) is 38.7 Å². The third-order valence-electron chi connectivity index (χ3n) is 3.84. The van der Waals surface area contributed by atoms with Crippen LogP contribution in [0, 0.1) is 11.3 Å². The third-order valence-corrected chi connectivity index (χ3v) is 3.84. The molecule has 2 aliphatic rings. The van der Waals surface area contributed by atoms with E-state index in [1.165, 1.54) is 6.20 Å². The van der Waals surface area contributed by atoms with Crippen LogP contribution in [0.4, 0.5) is 11.5 Å². The minimum absolute atomic E-state index is 0.233. The van der Waals surface area contributed by atoms with Crippen LogP contribution in [0.3, 0.4) is 0 Å². The smallest absolute Gasteiger partial charge is 0.257 e. The number of allylic oxidation sites excluding steroid dienone is 1. The maximum absolute atomic E-state index is 12.6. The molecule has 2 aliphatic heterocycles. The number of methoxy groups -OCH3 is 1. The Bertz CT molecular complexity index is 898. The maximum Gasteiger partial charge on any atom is 0.257 e. The second kappa shape index (κ2) is 8.22.